The Labute approximate surface area is 225 Å². The second-order valence-corrected chi connectivity index (χ2v) is 10.2. The second kappa shape index (κ2) is 14.1. The Bertz CT molecular complexity index is 1050. The van der Waals surface area contributed by atoms with Crippen LogP contribution in [0, 0.1) is 0 Å². The molecule has 2 aromatic carbocycles. The van der Waals surface area contributed by atoms with Crippen molar-refractivity contribution in [1.82, 2.24) is 30.5 Å². The lowest BCUT2D eigenvalue weighted by Crippen LogP contribution is -2.45. The Morgan fingerprint density at radius 1 is 0.684 bits per heavy atom. The van der Waals surface area contributed by atoms with Crippen LogP contribution >= 0.6 is 0 Å². The smallest absolute Gasteiger partial charge is 0.241 e. The third kappa shape index (κ3) is 8.42. The molecule has 38 heavy (non-hydrogen) atoms. The van der Waals surface area contributed by atoms with Crippen LogP contribution in [-0.2, 0) is 9.59 Å². The van der Waals surface area contributed by atoms with Gasteiger partial charge in [-0.05, 0) is 24.9 Å². The normalized spacial score (nSPS) is 18.5. The molecule has 204 valence electrons. The first-order valence-electron chi connectivity index (χ1n) is 13.5. The molecule has 2 heterocycles. The standard InChI is InChI=1S/C28H40N8O2/c1-33-13-17-35(18-14-33)11-9-27(37)31-29-21-23-5-3-8-26-24(6-4-7-25(23)26)22-30-32-28(38)10-12-36-19-15-34(2)16-20-36/h3-8,21-22H,9-20H2,1-2H3,(H,31,37)(H,32,38)/b29-21-,30-22+. The number of hydrogen-bond acceptors (Lipinski definition) is 8. The maximum atomic E-state index is 12.3. The maximum Gasteiger partial charge on any atom is 0.241 e. The van der Waals surface area contributed by atoms with Crippen molar-refractivity contribution in [3.63, 3.8) is 0 Å². The molecule has 0 saturated carbocycles. The number of benzene rings is 2. The van der Waals surface area contributed by atoms with Gasteiger partial charge >= 0.3 is 0 Å². The van der Waals surface area contributed by atoms with Gasteiger partial charge < -0.3 is 19.6 Å². The van der Waals surface area contributed by atoms with Gasteiger partial charge in [0.2, 0.25) is 11.8 Å². The van der Waals surface area contributed by atoms with Gasteiger partial charge in [0.1, 0.15) is 0 Å². The molecule has 2 saturated heterocycles. The lowest BCUT2D eigenvalue weighted by molar-refractivity contribution is -0.122. The summed E-state index contributed by atoms with van der Waals surface area (Å²) in [6, 6.07) is 11.8. The second-order valence-electron chi connectivity index (χ2n) is 10.2. The van der Waals surface area contributed by atoms with Crippen LogP contribution in [0.15, 0.2) is 46.6 Å². The van der Waals surface area contributed by atoms with Crippen LogP contribution in [0.5, 0.6) is 0 Å². The highest BCUT2D eigenvalue weighted by Crippen LogP contribution is 2.20. The number of hydrazone groups is 2. The fourth-order valence-electron chi connectivity index (χ4n) is 4.71. The number of nitrogens with zero attached hydrogens (tertiary/aromatic N) is 6. The predicted molar refractivity (Wildman–Crippen MR) is 153 cm³/mol. The van der Waals surface area contributed by atoms with Crippen molar-refractivity contribution in [3.8, 4) is 0 Å². The molecule has 0 atom stereocenters. The molecule has 10 nitrogen and oxygen atoms in total. The van der Waals surface area contributed by atoms with E-state index < -0.39 is 0 Å². The molecule has 2 aliphatic rings. The highest BCUT2D eigenvalue weighted by Gasteiger charge is 2.15. The number of carbonyl (C=O) groups is 2. The van der Waals surface area contributed by atoms with E-state index >= 15 is 0 Å². The Kier molecular flexibility index (Phi) is 10.3. The lowest BCUT2D eigenvalue weighted by atomic mass is 10.0. The van der Waals surface area contributed by atoms with Crippen molar-refractivity contribution in [3.05, 3.63) is 47.5 Å². The first kappa shape index (κ1) is 27.8. The van der Waals surface area contributed by atoms with Crippen molar-refractivity contribution < 1.29 is 9.59 Å². The van der Waals surface area contributed by atoms with E-state index in [1.165, 1.54) is 0 Å². The Morgan fingerprint density at radius 2 is 1.08 bits per heavy atom. The number of piperazine rings is 2. The molecule has 0 radical (unpaired) electrons. The summed E-state index contributed by atoms with van der Waals surface area (Å²) in [5.41, 5.74) is 7.11. The van der Waals surface area contributed by atoms with Crippen LogP contribution in [0.25, 0.3) is 10.8 Å². The Morgan fingerprint density at radius 3 is 1.47 bits per heavy atom. The summed E-state index contributed by atoms with van der Waals surface area (Å²) in [5, 5.41) is 10.4. The Hall–Kier alpha value is -3.18. The van der Waals surface area contributed by atoms with Gasteiger partial charge in [-0.15, -0.1) is 0 Å². The predicted octanol–water partition coefficient (Wildman–Crippen LogP) is 1.02. The Balaban J connectivity index is 1.27. The summed E-state index contributed by atoms with van der Waals surface area (Å²) < 4.78 is 0. The van der Waals surface area contributed by atoms with E-state index in [0.717, 1.165) is 87.3 Å². The molecule has 0 aromatic heterocycles. The van der Waals surface area contributed by atoms with Gasteiger partial charge in [-0.2, -0.15) is 10.2 Å². The minimum absolute atomic E-state index is 0.0865. The topological polar surface area (TPSA) is 95.9 Å². The SMILES string of the molecule is CN1CCN(CCC(=O)N/N=C\c2cccc3c(/C=N/NC(=O)CCN4CCN(C)CC4)cccc23)CC1. The van der Waals surface area contributed by atoms with Crippen molar-refractivity contribution in [1.29, 1.82) is 0 Å². The van der Waals surface area contributed by atoms with Crippen LogP contribution in [0.1, 0.15) is 24.0 Å². The summed E-state index contributed by atoms with van der Waals surface area (Å²) in [7, 11) is 4.24. The summed E-state index contributed by atoms with van der Waals surface area (Å²) in [6.07, 6.45) is 4.21. The van der Waals surface area contributed by atoms with E-state index in [4.69, 9.17) is 0 Å². The molecule has 2 aromatic rings. The average Bonchev–Trinajstić information content (AvgIpc) is 2.93. The summed E-state index contributed by atoms with van der Waals surface area (Å²) in [5.74, 6) is -0.173. The number of likely N-dealkylation sites (N-methyl/N-ethyl adjacent to an activating group) is 2. The number of fused-ring (bicyclic) bond motifs is 1. The van der Waals surface area contributed by atoms with Gasteiger partial charge in [-0.1, -0.05) is 36.4 Å². The number of carbonyl (C=O) groups excluding carboxylic acids is 2. The zero-order valence-corrected chi connectivity index (χ0v) is 22.6. The molecule has 0 unspecified atom stereocenters. The number of amides is 2. The number of hydrogen-bond donors (Lipinski definition) is 2. The number of nitrogens with one attached hydrogen (secondary N) is 2. The third-order valence-electron chi connectivity index (χ3n) is 7.28. The van der Waals surface area contributed by atoms with Gasteiger partial charge in [0.05, 0.1) is 12.4 Å². The molecule has 2 fully saturated rings. The summed E-state index contributed by atoms with van der Waals surface area (Å²) >= 11 is 0. The first-order valence-corrected chi connectivity index (χ1v) is 13.5. The van der Waals surface area contributed by atoms with Crippen LogP contribution in [0.2, 0.25) is 0 Å². The van der Waals surface area contributed by atoms with Crippen LogP contribution in [-0.4, -0.2) is 123 Å². The fraction of sp³-hybridized carbons (Fsp3) is 0.500. The molecule has 0 bridgehead atoms. The van der Waals surface area contributed by atoms with E-state index in [1.807, 2.05) is 36.4 Å². The molecular weight excluding hydrogens is 480 g/mol. The van der Waals surface area contributed by atoms with Crippen molar-refractivity contribution in [2.24, 2.45) is 10.2 Å². The van der Waals surface area contributed by atoms with Crippen LogP contribution in [0.4, 0.5) is 0 Å². The summed E-state index contributed by atoms with van der Waals surface area (Å²) in [6.45, 7) is 9.63. The summed E-state index contributed by atoms with van der Waals surface area (Å²) in [4.78, 5) is 33.8. The molecule has 2 aliphatic heterocycles. The highest BCUT2D eigenvalue weighted by atomic mass is 16.2. The molecule has 10 heteroatoms. The van der Waals surface area contributed by atoms with Crippen molar-refractivity contribution in [2.75, 3.05) is 79.5 Å². The van der Waals surface area contributed by atoms with E-state index in [0.29, 0.717) is 12.8 Å². The quantitative estimate of drug-likeness (QED) is 0.359. The zero-order chi connectivity index (χ0) is 26.7. The van der Waals surface area contributed by atoms with Gasteiger partial charge in [-0.3, -0.25) is 9.59 Å². The van der Waals surface area contributed by atoms with Crippen LogP contribution < -0.4 is 10.9 Å². The minimum Gasteiger partial charge on any atom is -0.304 e. The molecular formula is C28H40N8O2. The molecule has 0 spiro atoms. The van der Waals surface area contributed by atoms with Crippen molar-refractivity contribution >= 4 is 35.0 Å². The molecule has 2 amide bonds. The van der Waals surface area contributed by atoms with Gasteiger partial charge in [0.25, 0.3) is 0 Å². The molecule has 4 rings (SSSR count). The van der Waals surface area contributed by atoms with E-state index in [1.54, 1.807) is 12.4 Å². The largest absolute Gasteiger partial charge is 0.304 e. The van der Waals surface area contributed by atoms with E-state index in [2.05, 4.69) is 54.7 Å². The van der Waals surface area contributed by atoms with Gasteiger partial charge in [0, 0.05) is 89.4 Å². The molecule has 0 aliphatic carbocycles. The highest BCUT2D eigenvalue weighted by molar-refractivity contribution is 6.06. The molecule has 2 N–H and O–H groups in total. The monoisotopic (exact) mass is 520 g/mol. The van der Waals surface area contributed by atoms with E-state index in [9.17, 15) is 9.59 Å². The third-order valence-corrected chi connectivity index (χ3v) is 7.28. The minimum atomic E-state index is -0.0865. The van der Waals surface area contributed by atoms with E-state index in [-0.39, 0.29) is 11.8 Å². The fourth-order valence-corrected chi connectivity index (χ4v) is 4.71. The van der Waals surface area contributed by atoms with Gasteiger partial charge in [0.15, 0.2) is 0 Å². The van der Waals surface area contributed by atoms with Crippen LogP contribution in [0.3, 0.4) is 0 Å². The lowest BCUT2D eigenvalue weighted by Gasteiger charge is -2.32. The maximum absolute atomic E-state index is 12.3. The average molecular weight is 521 g/mol. The first-order chi connectivity index (χ1) is 18.5. The number of rotatable bonds is 10. The van der Waals surface area contributed by atoms with Crippen molar-refractivity contribution in [2.45, 2.75) is 12.8 Å². The van der Waals surface area contributed by atoms with Gasteiger partial charge in [-0.25, -0.2) is 10.9 Å². The zero-order valence-electron chi connectivity index (χ0n) is 22.6.